The predicted molar refractivity (Wildman–Crippen MR) is 131 cm³/mol. The second-order valence-electron chi connectivity index (χ2n) is 10.5. The Morgan fingerprint density at radius 1 is 0.909 bits per heavy atom. The maximum absolute atomic E-state index is 12.4. The van der Waals surface area contributed by atoms with Crippen molar-refractivity contribution in [3.63, 3.8) is 0 Å². The maximum atomic E-state index is 12.4. The van der Waals surface area contributed by atoms with E-state index in [-0.39, 0.29) is 0 Å². The highest BCUT2D eigenvalue weighted by Crippen LogP contribution is 2.42. The average molecular weight is 671 g/mol. The van der Waals surface area contributed by atoms with Crippen molar-refractivity contribution < 1.29 is 104 Å². The van der Waals surface area contributed by atoms with Gasteiger partial charge in [0.15, 0.2) is 12.6 Å². The van der Waals surface area contributed by atoms with E-state index in [9.17, 15) is 75.3 Å². The Bertz CT molecular complexity index is 1000. The van der Waals surface area contributed by atoms with E-state index in [0.717, 1.165) is 0 Å². The Labute approximate surface area is 247 Å². The van der Waals surface area contributed by atoms with Gasteiger partial charge in [-0.05, 0) is 0 Å². The molecule has 258 valence electrons. The summed E-state index contributed by atoms with van der Waals surface area (Å²) < 4.78 is 42.5. The molecule has 0 bridgehead atoms. The molecule has 0 aromatic rings. The number of hydrogen-bond acceptors (Lipinski definition) is 19. The molecule has 0 spiro atoms. The lowest BCUT2D eigenvalue weighted by Crippen LogP contribution is -2.67. The number of carbonyl (C=O) groups is 1. The number of nitrogens with two attached hydrogens (primary N) is 1. The molecule has 3 fully saturated rings. The molecule has 0 aliphatic carbocycles. The summed E-state index contributed by atoms with van der Waals surface area (Å²) in [5.41, 5.74) is 5.54. The number of phosphoric acid groups is 1. The second-order valence-corrected chi connectivity index (χ2v) is 11.7. The molecule has 15 N–H and O–H groups in total. The molecule has 3 saturated heterocycles. The molecule has 0 aromatic carbocycles. The van der Waals surface area contributed by atoms with Crippen LogP contribution in [0.3, 0.4) is 0 Å². The third kappa shape index (κ3) is 8.07. The molecule has 3 aliphatic heterocycles. The van der Waals surface area contributed by atoms with E-state index in [1.807, 2.05) is 0 Å². The van der Waals surface area contributed by atoms with Crippen molar-refractivity contribution in [2.75, 3.05) is 19.8 Å². The smallest absolute Gasteiger partial charge is 0.470 e. The van der Waals surface area contributed by atoms with Gasteiger partial charge in [0.25, 0.3) is 5.79 Å². The minimum atomic E-state index is -5.33. The minimum absolute atomic E-state index is 0.957. The van der Waals surface area contributed by atoms with Crippen LogP contribution in [0.4, 0.5) is 0 Å². The van der Waals surface area contributed by atoms with E-state index in [0.29, 0.717) is 0 Å². The number of carboxylic acid groups (broad SMARTS) is 1. The molecular weight excluding hydrogens is 633 g/mol. The quantitative estimate of drug-likeness (QED) is 0.0856. The lowest BCUT2D eigenvalue weighted by molar-refractivity contribution is -0.373. The number of phosphoric ester groups is 1. The summed E-state index contributed by atoms with van der Waals surface area (Å²) in [7, 11) is -5.33. The summed E-state index contributed by atoms with van der Waals surface area (Å²) >= 11 is 0. The van der Waals surface area contributed by atoms with Gasteiger partial charge in [0, 0.05) is 6.42 Å². The molecule has 0 saturated carbocycles. The van der Waals surface area contributed by atoms with Gasteiger partial charge in [-0.15, -0.1) is 0 Å². The maximum Gasteiger partial charge on any atom is 0.470 e. The topological polar surface area (TPSA) is 379 Å². The summed E-state index contributed by atoms with van der Waals surface area (Å²) in [5.74, 6) is -4.90. The van der Waals surface area contributed by atoms with Gasteiger partial charge in [0.2, 0.25) is 0 Å². The van der Waals surface area contributed by atoms with Crippen molar-refractivity contribution in [3.8, 4) is 0 Å². The van der Waals surface area contributed by atoms with E-state index in [2.05, 4.69) is 4.52 Å². The van der Waals surface area contributed by atoms with Gasteiger partial charge in [-0.1, -0.05) is 0 Å². The minimum Gasteiger partial charge on any atom is -0.477 e. The second kappa shape index (κ2) is 14.8. The highest BCUT2D eigenvalue weighted by atomic mass is 31.2. The van der Waals surface area contributed by atoms with Gasteiger partial charge in [-0.2, -0.15) is 0 Å². The number of aliphatic carboxylic acids is 1. The van der Waals surface area contributed by atoms with Gasteiger partial charge in [0.05, 0.1) is 32.0 Å². The monoisotopic (exact) mass is 671 g/mol. The highest BCUT2D eigenvalue weighted by Gasteiger charge is 2.58. The molecule has 3 rings (SSSR count). The Morgan fingerprint density at radius 2 is 1.50 bits per heavy atom. The number of ether oxygens (including phenoxy) is 5. The van der Waals surface area contributed by atoms with E-state index in [1.54, 1.807) is 0 Å². The van der Waals surface area contributed by atoms with Crippen LogP contribution in [0, 0.1) is 0 Å². The van der Waals surface area contributed by atoms with Gasteiger partial charge < -0.3 is 95.4 Å². The van der Waals surface area contributed by atoms with Crippen LogP contribution in [0.5, 0.6) is 0 Å². The molecule has 16 atom stereocenters. The average Bonchev–Trinajstić information content (AvgIpc) is 2.96. The fourth-order valence-corrected chi connectivity index (χ4v) is 5.54. The van der Waals surface area contributed by atoms with Crippen LogP contribution in [0.1, 0.15) is 6.42 Å². The zero-order valence-electron chi connectivity index (χ0n) is 22.6. The normalized spacial score (nSPS) is 45.1. The molecule has 44 heavy (non-hydrogen) atoms. The van der Waals surface area contributed by atoms with Crippen molar-refractivity contribution in [3.05, 3.63) is 0 Å². The van der Waals surface area contributed by atoms with E-state index < -0.39 is 138 Å². The van der Waals surface area contributed by atoms with Gasteiger partial charge in [0.1, 0.15) is 67.1 Å². The molecule has 3 heterocycles. The zero-order valence-corrected chi connectivity index (χ0v) is 23.5. The van der Waals surface area contributed by atoms with Crippen molar-refractivity contribution in [1.29, 1.82) is 0 Å². The first kappa shape index (κ1) is 37.4. The Balaban J connectivity index is 1.86. The first-order chi connectivity index (χ1) is 20.4. The summed E-state index contributed by atoms with van der Waals surface area (Å²) in [5, 5.41) is 111. The van der Waals surface area contributed by atoms with Crippen molar-refractivity contribution in [1.82, 2.24) is 0 Å². The van der Waals surface area contributed by atoms with Crippen LogP contribution in [-0.2, 0) is 37.6 Å². The van der Waals surface area contributed by atoms with Crippen LogP contribution in [-0.4, -0.2) is 189 Å². The zero-order chi connectivity index (χ0) is 33.3. The van der Waals surface area contributed by atoms with Crippen molar-refractivity contribution in [2.24, 2.45) is 5.73 Å². The third-order valence-corrected chi connectivity index (χ3v) is 7.86. The van der Waals surface area contributed by atoms with Crippen LogP contribution in [0.25, 0.3) is 0 Å². The lowest BCUT2D eigenvalue weighted by Gasteiger charge is -2.49. The number of aliphatic hydroxyl groups is 10. The van der Waals surface area contributed by atoms with E-state index in [4.69, 9.17) is 29.4 Å². The Morgan fingerprint density at radius 3 is 2.05 bits per heavy atom. The first-order valence-corrected chi connectivity index (χ1v) is 14.6. The third-order valence-electron chi connectivity index (χ3n) is 7.34. The Kier molecular flexibility index (Phi) is 12.6. The molecule has 3 aliphatic rings. The molecule has 0 aromatic heterocycles. The molecule has 23 heteroatoms. The predicted octanol–water partition coefficient (Wildman–Crippen LogP) is -8.28. The Hall–Kier alpha value is -1.06. The van der Waals surface area contributed by atoms with Crippen LogP contribution < -0.4 is 5.73 Å². The van der Waals surface area contributed by atoms with E-state index >= 15 is 0 Å². The number of carboxylic acids is 1. The van der Waals surface area contributed by atoms with Gasteiger partial charge in [-0.25, -0.2) is 9.36 Å². The van der Waals surface area contributed by atoms with Gasteiger partial charge in [-0.3, -0.25) is 4.52 Å². The fraction of sp³-hybridized carbons (Fsp3) is 0.952. The van der Waals surface area contributed by atoms with Crippen LogP contribution in [0.2, 0.25) is 0 Å². The number of rotatable bonds is 12. The molecular formula is C21H38NO21P. The first-order valence-electron chi connectivity index (χ1n) is 13.0. The standard InChI is InChI=1S/C21H38NO21P/c22-9-10(28)17(43-44(35,36)37)8(39-18(9)32)4-38-21(20(33)34)1-5(25)15(16(42-21)7(27)3-24)41-19-13(31)11(29)12(30)14(40-19)6(26)2-23/h5-19,23-32H,1-4,22H2,(H,33,34)(H2,35,36,37)/t5-,6+,7-,8-,9-,10-,11+,12+,13+,14-,15-,16-,17-,18?,19-,21-/m1/s1. The highest BCUT2D eigenvalue weighted by molar-refractivity contribution is 7.46. The summed E-state index contributed by atoms with van der Waals surface area (Å²) in [6, 6.07) is -1.62. The molecule has 0 radical (unpaired) electrons. The lowest BCUT2D eigenvalue weighted by atomic mass is 9.91. The van der Waals surface area contributed by atoms with Crippen LogP contribution >= 0.6 is 7.82 Å². The van der Waals surface area contributed by atoms with Crippen molar-refractivity contribution in [2.45, 2.75) is 104 Å². The summed E-state index contributed by atoms with van der Waals surface area (Å²) in [6.45, 7) is -3.15. The summed E-state index contributed by atoms with van der Waals surface area (Å²) in [4.78, 5) is 30.8. The largest absolute Gasteiger partial charge is 0.477 e. The van der Waals surface area contributed by atoms with Crippen LogP contribution in [0.15, 0.2) is 0 Å². The van der Waals surface area contributed by atoms with E-state index in [1.165, 1.54) is 0 Å². The molecule has 22 nitrogen and oxygen atoms in total. The summed E-state index contributed by atoms with van der Waals surface area (Å²) in [6.07, 6.45) is -28.3. The van der Waals surface area contributed by atoms with Gasteiger partial charge >= 0.3 is 13.8 Å². The molecule has 0 amide bonds. The number of hydrogen-bond donors (Lipinski definition) is 14. The van der Waals surface area contributed by atoms with Crippen molar-refractivity contribution >= 4 is 13.8 Å². The molecule has 1 unspecified atom stereocenters. The number of aliphatic hydroxyl groups excluding tert-OH is 10. The SMILES string of the molecule is N[C@H]1C(O)O[C@H](CO[C@]2(C(=O)O)C[C@@H](O)[C@@H](O[C@H]3O[C@H]([C@@H](O)CO)[C@@H](O)[C@H](O)[C@@H]3O)[C@@H]([C@H](O)CO)O2)[C@@H](OP(=O)(O)O)[C@@H]1O. The fourth-order valence-electron chi connectivity index (χ4n) is 4.96.